The van der Waals surface area contributed by atoms with Gasteiger partial charge in [0.15, 0.2) is 0 Å². The van der Waals surface area contributed by atoms with Gasteiger partial charge in [0, 0.05) is 18.1 Å². The number of carboxylic acids is 1. The van der Waals surface area contributed by atoms with E-state index in [0.717, 1.165) is 16.5 Å². The summed E-state index contributed by atoms with van der Waals surface area (Å²) in [4.78, 5) is 16.8. The SMILES string of the molecule is Cc1cc2ccccc2c(N(C)CC(=O)O)n1. The molecule has 1 heterocycles. The maximum absolute atomic E-state index is 10.7. The van der Waals surface area contributed by atoms with Crippen LogP contribution < -0.4 is 4.90 Å². The summed E-state index contributed by atoms with van der Waals surface area (Å²) in [6, 6.07) is 9.84. The van der Waals surface area contributed by atoms with Gasteiger partial charge in [-0.05, 0) is 18.4 Å². The van der Waals surface area contributed by atoms with Gasteiger partial charge in [0.1, 0.15) is 12.4 Å². The van der Waals surface area contributed by atoms with Gasteiger partial charge in [-0.25, -0.2) is 4.98 Å². The van der Waals surface area contributed by atoms with Crippen LogP contribution >= 0.6 is 0 Å². The zero-order valence-corrected chi connectivity index (χ0v) is 9.84. The van der Waals surface area contributed by atoms with Gasteiger partial charge in [-0.1, -0.05) is 24.3 Å². The fraction of sp³-hybridized carbons (Fsp3) is 0.231. The fourth-order valence-electron chi connectivity index (χ4n) is 1.88. The third kappa shape index (κ3) is 2.36. The minimum absolute atomic E-state index is 0.0551. The number of fused-ring (bicyclic) bond motifs is 1. The van der Waals surface area contributed by atoms with Crippen LogP contribution in [0, 0.1) is 6.92 Å². The van der Waals surface area contributed by atoms with Crippen molar-refractivity contribution >= 4 is 22.6 Å². The van der Waals surface area contributed by atoms with Crippen molar-refractivity contribution in [1.82, 2.24) is 4.98 Å². The lowest BCUT2D eigenvalue weighted by Gasteiger charge is -2.18. The quantitative estimate of drug-likeness (QED) is 0.877. The van der Waals surface area contributed by atoms with Crippen molar-refractivity contribution in [1.29, 1.82) is 0 Å². The number of likely N-dealkylation sites (N-methyl/N-ethyl adjacent to an activating group) is 1. The van der Waals surface area contributed by atoms with Gasteiger partial charge in [-0.15, -0.1) is 0 Å². The number of aryl methyl sites for hydroxylation is 1. The maximum Gasteiger partial charge on any atom is 0.323 e. The van der Waals surface area contributed by atoms with E-state index in [1.54, 1.807) is 11.9 Å². The summed E-state index contributed by atoms with van der Waals surface area (Å²) in [5.41, 5.74) is 0.885. The molecule has 1 aromatic heterocycles. The van der Waals surface area contributed by atoms with E-state index in [-0.39, 0.29) is 6.54 Å². The van der Waals surface area contributed by atoms with Gasteiger partial charge in [-0.3, -0.25) is 4.79 Å². The molecule has 0 saturated carbocycles. The van der Waals surface area contributed by atoms with Gasteiger partial charge < -0.3 is 10.0 Å². The van der Waals surface area contributed by atoms with Crippen LogP contribution in [0.4, 0.5) is 5.82 Å². The van der Waals surface area contributed by atoms with Crippen molar-refractivity contribution in [3.63, 3.8) is 0 Å². The van der Waals surface area contributed by atoms with Crippen LogP contribution in [0.5, 0.6) is 0 Å². The number of hydrogen-bond donors (Lipinski definition) is 1. The Bertz CT molecular complexity index is 566. The molecular formula is C13H14N2O2. The van der Waals surface area contributed by atoms with Crippen LogP contribution in [0.15, 0.2) is 30.3 Å². The molecule has 0 fully saturated rings. The van der Waals surface area contributed by atoms with Crippen LogP contribution in [0.2, 0.25) is 0 Å². The number of nitrogens with zero attached hydrogens (tertiary/aromatic N) is 2. The Morgan fingerprint density at radius 2 is 2.12 bits per heavy atom. The lowest BCUT2D eigenvalue weighted by molar-refractivity contribution is -0.135. The predicted molar refractivity (Wildman–Crippen MR) is 67.4 cm³/mol. The molecule has 0 aliphatic carbocycles. The number of rotatable bonds is 3. The second-order valence-corrected chi connectivity index (χ2v) is 4.06. The molecule has 1 aromatic carbocycles. The molecular weight excluding hydrogens is 216 g/mol. The van der Waals surface area contributed by atoms with Crippen LogP contribution in [0.25, 0.3) is 10.8 Å². The summed E-state index contributed by atoms with van der Waals surface area (Å²) in [5.74, 6) is -0.150. The van der Waals surface area contributed by atoms with E-state index in [1.165, 1.54) is 0 Å². The topological polar surface area (TPSA) is 53.4 Å². The second kappa shape index (κ2) is 4.41. The molecule has 88 valence electrons. The lowest BCUT2D eigenvalue weighted by Crippen LogP contribution is -2.26. The molecule has 2 rings (SSSR count). The van der Waals surface area contributed by atoms with Crippen molar-refractivity contribution in [3.8, 4) is 0 Å². The average molecular weight is 230 g/mol. The van der Waals surface area contributed by atoms with E-state index < -0.39 is 5.97 Å². The first kappa shape index (κ1) is 11.4. The third-order valence-corrected chi connectivity index (χ3v) is 2.58. The molecule has 4 nitrogen and oxygen atoms in total. The van der Waals surface area contributed by atoms with Gasteiger partial charge in [0.05, 0.1) is 0 Å². The summed E-state index contributed by atoms with van der Waals surface area (Å²) in [5, 5.41) is 10.9. The molecule has 0 unspecified atom stereocenters. The molecule has 4 heteroatoms. The van der Waals surface area contributed by atoms with Gasteiger partial charge in [-0.2, -0.15) is 0 Å². The summed E-state index contributed by atoms with van der Waals surface area (Å²) < 4.78 is 0. The first-order chi connectivity index (χ1) is 8.08. The van der Waals surface area contributed by atoms with Crippen LogP contribution in [-0.2, 0) is 4.79 Å². The van der Waals surface area contributed by atoms with Crippen LogP contribution in [0.3, 0.4) is 0 Å². The Morgan fingerprint density at radius 3 is 2.82 bits per heavy atom. The highest BCUT2D eigenvalue weighted by molar-refractivity contribution is 5.93. The van der Waals surface area contributed by atoms with Crippen LogP contribution in [0.1, 0.15) is 5.69 Å². The first-order valence-corrected chi connectivity index (χ1v) is 5.37. The van der Waals surface area contributed by atoms with Gasteiger partial charge in [0.2, 0.25) is 0 Å². The van der Waals surface area contributed by atoms with E-state index >= 15 is 0 Å². The number of pyridine rings is 1. The maximum atomic E-state index is 10.7. The predicted octanol–water partition coefficient (Wildman–Crippen LogP) is 2.06. The Labute approximate surface area is 99.5 Å². The molecule has 0 bridgehead atoms. The van der Waals surface area contributed by atoms with Crippen LogP contribution in [-0.4, -0.2) is 29.7 Å². The number of carbonyl (C=O) groups is 1. The highest BCUT2D eigenvalue weighted by Crippen LogP contribution is 2.24. The lowest BCUT2D eigenvalue weighted by atomic mass is 10.1. The van der Waals surface area contributed by atoms with E-state index in [2.05, 4.69) is 4.98 Å². The summed E-state index contributed by atoms with van der Waals surface area (Å²) >= 11 is 0. The fourth-order valence-corrected chi connectivity index (χ4v) is 1.88. The van der Waals surface area contributed by atoms with E-state index in [4.69, 9.17) is 5.11 Å². The normalized spacial score (nSPS) is 10.5. The van der Waals surface area contributed by atoms with Crippen molar-refractivity contribution in [2.45, 2.75) is 6.92 Å². The summed E-state index contributed by atoms with van der Waals surface area (Å²) in [7, 11) is 1.74. The molecule has 0 aliphatic rings. The highest BCUT2D eigenvalue weighted by atomic mass is 16.4. The van der Waals surface area contributed by atoms with Gasteiger partial charge >= 0.3 is 5.97 Å². The molecule has 0 atom stereocenters. The Kier molecular flexibility index (Phi) is 2.95. The van der Waals surface area contributed by atoms with Gasteiger partial charge in [0.25, 0.3) is 0 Å². The monoisotopic (exact) mass is 230 g/mol. The third-order valence-electron chi connectivity index (χ3n) is 2.58. The Hall–Kier alpha value is -2.10. The first-order valence-electron chi connectivity index (χ1n) is 5.37. The standard InChI is InChI=1S/C13H14N2O2/c1-9-7-10-5-3-4-6-11(10)13(14-9)15(2)8-12(16)17/h3-7H,8H2,1-2H3,(H,16,17). The zero-order chi connectivity index (χ0) is 12.4. The number of anilines is 1. The molecule has 17 heavy (non-hydrogen) atoms. The van der Waals surface area contributed by atoms with Crippen molar-refractivity contribution in [2.75, 3.05) is 18.5 Å². The highest BCUT2D eigenvalue weighted by Gasteiger charge is 2.11. The zero-order valence-electron chi connectivity index (χ0n) is 9.84. The summed E-state index contributed by atoms with van der Waals surface area (Å²) in [6.07, 6.45) is 0. The molecule has 0 radical (unpaired) electrons. The molecule has 0 aliphatic heterocycles. The van der Waals surface area contributed by atoms with E-state index in [1.807, 2.05) is 37.3 Å². The Morgan fingerprint density at radius 1 is 1.41 bits per heavy atom. The minimum atomic E-state index is -0.861. The van der Waals surface area contributed by atoms with Crippen molar-refractivity contribution < 1.29 is 9.90 Å². The Balaban J connectivity index is 2.55. The molecule has 0 spiro atoms. The molecule has 1 N–H and O–H groups in total. The minimum Gasteiger partial charge on any atom is -0.480 e. The van der Waals surface area contributed by atoms with E-state index in [0.29, 0.717) is 5.82 Å². The van der Waals surface area contributed by atoms with Crippen molar-refractivity contribution in [3.05, 3.63) is 36.0 Å². The largest absolute Gasteiger partial charge is 0.480 e. The molecule has 0 amide bonds. The van der Waals surface area contributed by atoms with Crippen molar-refractivity contribution in [2.24, 2.45) is 0 Å². The summed E-state index contributed by atoms with van der Waals surface area (Å²) in [6.45, 7) is 1.85. The smallest absolute Gasteiger partial charge is 0.323 e. The number of benzene rings is 1. The average Bonchev–Trinajstić information content (AvgIpc) is 2.26. The second-order valence-electron chi connectivity index (χ2n) is 4.06. The molecule has 2 aromatic rings. The number of carboxylic acid groups (broad SMARTS) is 1. The van der Waals surface area contributed by atoms with E-state index in [9.17, 15) is 4.79 Å². The number of hydrogen-bond acceptors (Lipinski definition) is 3. The number of aliphatic carboxylic acids is 1. The molecule has 0 saturated heterocycles. The number of aromatic nitrogens is 1.